The Morgan fingerprint density at radius 2 is 1.03 bits per heavy atom. The Labute approximate surface area is 230 Å². The lowest BCUT2D eigenvalue weighted by Gasteiger charge is -2.29. The van der Waals surface area contributed by atoms with Crippen molar-refractivity contribution in [3.8, 4) is 0 Å². The molecule has 0 saturated heterocycles. The molecule has 0 unspecified atom stereocenters. The number of hydrogen-bond donors (Lipinski definition) is 2. The molecule has 0 heterocycles. The fourth-order valence-corrected chi connectivity index (χ4v) is 4.59. The first-order valence-electron chi connectivity index (χ1n) is 15.4. The summed E-state index contributed by atoms with van der Waals surface area (Å²) in [6, 6.07) is 0. The van der Waals surface area contributed by atoms with Crippen molar-refractivity contribution in [1.82, 2.24) is 0 Å². The predicted molar refractivity (Wildman–Crippen MR) is 157 cm³/mol. The number of nitrogens with two attached hydrogens (primary N) is 1. The Morgan fingerprint density at radius 1 is 0.667 bits per heavy atom. The molecule has 0 atom stereocenters. The fraction of sp³-hybridized carbons (Fsp3) is 0.967. The summed E-state index contributed by atoms with van der Waals surface area (Å²) in [5.74, 6) is -0.298. The van der Waals surface area contributed by atoms with Crippen LogP contribution in [0.2, 0.25) is 0 Å². The van der Waals surface area contributed by atoms with Crippen molar-refractivity contribution < 1.29 is 18.7 Å². The summed E-state index contributed by atoms with van der Waals surface area (Å²) >= 11 is 4.99. The maximum atomic E-state index is 10.8. The van der Waals surface area contributed by atoms with Gasteiger partial charge in [0, 0.05) is 25.9 Å². The number of quaternary nitrogens is 1. The van der Waals surface area contributed by atoms with Crippen LogP contribution in [0.3, 0.4) is 0 Å². The highest BCUT2D eigenvalue weighted by molar-refractivity contribution is 6.13. The zero-order valence-corrected chi connectivity index (χ0v) is 25.3. The van der Waals surface area contributed by atoms with E-state index in [1.54, 1.807) is 0 Å². The number of carbonyl (C=O) groups is 1. The van der Waals surface area contributed by atoms with Crippen molar-refractivity contribution in [3.63, 3.8) is 0 Å². The van der Waals surface area contributed by atoms with Gasteiger partial charge in [-0.2, -0.15) is 0 Å². The number of hydrogen-bond acceptors (Lipinski definition) is 4. The SMILES string of the molecule is CCCCCCCCCCCCCCCCCCCCCC(=O)OCl.C[N+](C)(CCCN)CCCO. The van der Waals surface area contributed by atoms with E-state index in [9.17, 15) is 4.79 Å². The average Bonchev–Trinajstić information content (AvgIpc) is 2.88. The first kappa shape index (κ1) is 37.8. The lowest BCUT2D eigenvalue weighted by molar-refractivity contribution is -0.890. The van der Waals surface area contributed by atoms with Crippen molar-refractivity contribution in [2.75, 3.05) is 40.3 Å². The van der Waals surface area contributed by atoms with Crippen LogP contribution >= 0.6 is 11.9 Å². The third kappa shape index (κ3) is 33.6. The third-order valence-corrected chi connectivity index (χ3v) is 7.13. The molecule has 0 aliphatic rings. The van der Waals surface area contributed by atoms with Crippen molar-refractivity contribution in [2.45, 2.75) is 148 Å². The van der Waals surface area contributed by atoms with Gasteiger partial charge in [-0.3, -0.25) is 4.79 Å². The topological polar surface area (TPSA) is 72.5 Å². The van der Waals surface area contributed by atoms with Crippen molar-refractivity contribution in [1.29, 1.82) is 0 Å². The Kier molecular flexibility index (Phi) is 32.4. The van der Waals surface area contributed by atoms with Gasteiger partial charge in [0.2, 0.25) is 0 Å². The minimum Gasteiger partial charge on any atom is -0.396 e. The Morgan fingerprint density at radius 3 is 1.36 bits per heavy atom. The molecule has 6 heteroatoms. The van der Waals surface area contributed by atoms with E-state index in [4.69, 9.17) is 22.7 Å². The molecule has 0 bridgehead atoms. The van der Waals surface area contributed by atoms with E-state index in [-0.39, 0.29) is 5.97 Å². The lowest BCUT2D eigenvalue weighted by atomic mass is 10.0. The van der Waals surface area contributed by atoms with E-state index in [1.165, 1.54) is 109 Å². The predicted octanol–water partition coefficient (Wildman–Crippen LogP) is 8.30. The van der Waals surface area contributed by atoms with Gasteiger partial charge >= 0.3 is 5.97 Å². The summed E-state index contributed by atoms with van der Waals surface area (Å²) in [4.78, 5) is 10.8. The van der Waals surface area contributed by atoms with Crippen LogP contribution in [0, 0.1) is 0 Å². The molecule has 5 nitrogen and oxygen atoms in total. The van der Waals surface area contributed by atoms with Gasteiger partial charge < -0.3 is 19.6 Å². The van der Waals surface area contributed by atoms with Gasteiger partial charge in [-0.15, -0.1) is 0 Å². The highest BCUT2D eigenvalue weighted by Gasteiger charge is 2.12. The van der Waals surface area contributed by atoms with Crippen molar-refractivity contribution >= 4 is 17.8 Å². The van der Waals surface area contributed by atoms with Crippen LogP contribution in [-0.4, -0.2) is 55.9 Å². The summed E-state index contributed by atoms with van der Waals surface area (Å²) in [5, 5.41) is 8.62. The minimum absolute atomic E-state index is 0.296. The second-order valence-electron chi connectivity index (χ2n) is 11.2. The number of aliphatic hydroxyl groups is 1. The molecule has 0 fully saturated rings. The molecule has 3 N–H and O–H groups in total. The molecule has 0 amide bonds. The van der Waals surface area contributed by atoms with Crippen LogP contribution in [0.5, 0.6) is 0 Å². The average molecular weight is 536 g/mol. The maximum Gasteiger partial charge on any atom is 0.324 e. The van der Waals surface area contributed by atoms with Crippen LogP contribution in [0.4, 0.5) is 0 Å². The summed E-state index contributed by atoms with van der Waals surface area (Å²) < 4.78 is 5.09. The smallest absolute Gasteiger partial charge is 0.324 e. The number of carbonyl (C=O) groups excluding carboxylic acids is 1. The maximum absolute atomic E-state index is 10.8. The van der Waals surface area contributed by atoms with Gasteiger partial charge in [0.25, 0.3) is 0 Å². The van der Waals surface area contributed by atoms with Crippen LogP contribution in [0.25, 0.3) is 0 Å². The zero-order chi connectivity index (χ0) is 27.2. The van der Waals surface area contributed by atoms with Gasteiger partial charge in [0.1, 0.15) is 11.9 Å². The van der Waals surface area contributed by atoms with E-state index in [1.807, 2.05) is 0 Å². The molecule has 36 heavy (non-hydrogen) atoms. The molecule has 0 saturated carbocycles. The number of nitrogens with zero attached hydrogens (tertiary/aromatic N) is 1. The Bertz CT molecular complexity index is 426. The van der Waals surface area contributed by atoms with E-state index in [0.29, 0.717) is 13.0 Å². The molecule has 0 aliphatic heterocycles. The van der Waals surface area contributed by atoms with Gasteiger partial charge in [-0.25, -0.2) is 0 Å². The van der Waals surface area contributed by atoms with Crippen LogP contribution < -0.4 is 5.73 Å². The summed E-state index contributed by atoms with van der Waals surface area (Å²) in [5.41, 5.74) is 5.40. The number of rotatable bonds is 26. The number of aliphatic hydroxyl groups excluding tert-OH is 1. The zero-order valence-electron chi connectivity index (χ0n) is 24.6. The molecule has 0 aromatic carbocycles. The molecule has 0 aromatic rings. The van der Waals surface area contributed by atoms with E-state index in [0.717, 1.165) is 49.8 Å². The highest BCUT2D eigenvalue weighted by atomic mass is 35.5. The van der Waals surface area contributed by atoms with Crippen LogP contribution in [0.15, 0.2) is 0 Å². The molecular formula is C30H64ClN2O3+. The number of halogens is 1. The summed E-state index contributed by atoms with van der Waals surface area (Å²) in [6.45, 7) is 5.49. The molecule has 218 valence electrons. The number of unbranched alkanes of at least 4 members (excludes halogenated alkanes) is 18. The second-order valence-corrected chi connectivity index (χ2v) is 11.3. The summed E-state index contributed by atoms with van der Waals surface area (Å²) in [7, 11) is 4.34. The normalized spacial score (nSPS) is 11.3. The quantitative estimate of drug-likeness (QED) is 0.0862. The van der Waals surface area contributed by atoms with E-state index >= 15 is 0 Å². The van der Waals surface area contributed by atoms with Gasteiger partial charge in [-0.1, -0.05) is 122 Å². The first-order valence-corrected chi connectivity index (χ1v) is 15.7. The van der Waals surface area contributed by atoms with E-state index < -0.39 is 0 Å². The largest absolute Gasteiger partial charge is 0.396 e. The monoisotopic (exact) mass is 535 g/mol. The molecule has 0 radical (unpaired) electrons. The molecule has 0 aliphatic carbocycles. The van der Waals surface area contributed by atoms with E-state index in [2.05, 4.69) is 25.3 Å². The summed E-state index contributed by atoms with van der Waals surface area (Å²) in [6.07, 6.45) is 28.3. The van der Waals surface area contributed by atoms with Crippen LogP contribution in [0.1, 0.15) is 148 Å². The lowest BCUT2D eigenvalue weighted by Crippen LogP contribution is -2.42. The molecule has 0 spiro atoms. The van der Waals surface area contributed by atoms with Crippen LogP contribution in [-0.2, 0) is 9.08 Å². The van der Waals surface area contributed by atoms with Gasteiger partial charge in [0.05, 0.1) is 27.2 Å². The third-order valence-electron chi connectivity index (χ3n) is 6.96. The second kappa shape index (κ2) is 30.9. The highest BCUT2D eigenvalue weighted by Crippen LogP contribution is 2.15. The van der Waals surface area contributed by atoms with Crippen molar-refractivity contribution in [3.05, 3.63) is 0 Å². The molecular weight excluding hydrogens is 472 g/mol. The molecule has 0 rings (SSSR count). The Balaban J connectivity index is 0. The Hall–Kier alpha value is -0.360. The standard InChI is InChI=1S/C22H43ClO2.C8H21N2O/c1-2-3-4-5-6-7-8-9-10-11-12-13-14-15-16-17-18-19-20-21-22(24)25-23;1-10(2,6-3-5-9)7-4-8-11/h2-21H2,1H3;11H,3-9H2,1-2H3/q;+1. The van der Waals surface area contributed by atoms with Gasteiger partial charge in [-0.05, 0) is 13.0 Å². The van der Waals surface area contributed by atoms with Gasteiger partial charge in [0.15, 0.2) is 0 Å². The first-order chi connectivity index (χ1) is 17.4. The fourth-order valence-electron chi connectivity index (χ4n) is 4.52. The molecule has 0 aromatic heterocycles. The van der Waals surface area contributed by atoms with Crippen molar-refractivity contribution in [2.24, 2.45) is 5.73 Å². The minimum atomic E-state index is -0.298.